The number of carboxylic acid groups (broad SMARTS) is 1. The molecule has 9 unspecified atom stereocenters. The molecule has 0 fully saturated rings. The first-order chi connectivity index (χ1) is 54.0. The first-order valence-corrected chi connectivity index (χ1v) is 40.1. The number of aliphatic carboxylic acids is 1. The summed E-state index contributed by atoms with van der Waals surface area (Å²) in [5.74, 6) is 0.948. The zero-order valence-electron chi connectivity index (χ0n) is 65.6. The van der Waals surface area contributed by atoms with Crippen LogP contribution in [0.25, 0.3) is 44.1 Å². The Bertz CT molecular complexity index is 5240. The van der Waals surface area contributed by atoms with Crippen LogP contribution in [0.1, 0.15) is 198 Å². The summed E-state index contributed by atoms with van der Waals surface area (Å²) in [6.07, 6.45) is 7.33. The van der Waals surface area contributed by atoms with Gasteiger partial charge < -0.3 is 28.5 Å². The van der Waals surface area contributed by atoms with Crippen LogP contribution in [0.3, 0.4) is 0 Å². The van der Waals surface area contributed by atoms with Crippen molar-refractivity contribution in [2.75, 3.05) is 13.1 Å². The van der Waals surface area contributed by atoms with Crippen molar-refractivity contribution in [3.8, 4) is 24.3 Å². The summed E-state index contributed by atoms with van der Waals surface area (Å²) in [6.45, 7) is 18.7. The third kappa shape index (κ3) is 19.9. The molecule has 0 aliphatic rings. The normalized spacial score (nSPS) is 14.2. The van der Waals surface area contributed by atoms with Crippen molar-refractivity contribution in [1.82, 2.24) is 48.0 Å². The van der Waals surface area contributed by atoms with Crippen LogP contribution >= 0.6 is 0 Å². The summed E-state index contributed by atoms with van der Waals surface area (Å²) in [5.41, 5.74) is 16.4. The molecule has 0 saturated heterocycles. The molecule has 9 atom stereocenters. The number of aryl methyl sites for hydroxylation is 1. The number of imidazole rings is 4. The second-order valence-corrected chi connectivity index (χ2v) is 30.9. The van der Waals surface area contributed by atoms with Gasteiger partial charge in [0.15, 0.2) is 0 Å². The Labute approximate surface area is 654 Å². The highest BCUT2D eigenvalue weighted by Gasteiger charge is 2.33. The smallest absolute Gasteiger partial charge is 0.307 e. The molecule has 4 heterocycles. The molecule has 17 nitrogen and oxygen atoms in total. The molecule has 2 N–H and O–H groups in total. The van der Waals surface area contributed by atoms with Gasteiger partial charge in [0.05, 0.1) is 107 Å². The number of aliphatic hydroxyl groups is 1. The van der Waals surface area contributed by atoms with Gasteiger partial charge in [-0.05, 0) is 177 Å². The van der Waals surface area contributed by atoms with Gasteiger partial charge in [-0.2, -0.15) is 21.0 Å². The molecule has 570 valence electrons. The fourth-order valence-electron chi connectivity index (χ4n) is 16.3. The molecule has 12 rings (SSSR count). The Hall–Kier alpha value is -11.1. The fraction of sp³-hybridized carbons (Fsp3) is 0.394. The lowest BCUT2D eigenvalue weighted by atomic mass is 9.77. The van der Waals surface area contributed by atoms with E-state index in [4.69, 9.17) is 19.9 Å². The molecule has 0 amide bonds. The molecular weight excluding hydrogens is 1370 g/mol. The maximum Gasteiger partial charge on any atom is 0.307 e. The Kier molecular flexibility index (Phi) is 27.3. The van der Waals surface area contributed by atoms with Crippen molar-refractivity contribution >= 4 is 50.1 Å². The van der Waals surface area contributed by atoms with Crippen molar-refractivity contribution in [2.24, 2.45) is 29.6 Å². The zero-order valence-corrected chi connectivity index (χ0v) is 65.6. The molecule has 0 aliphatic carbocycles. The second kappa shape index (κ2) is 38.1. The largest absolute Gasteiger partial charge is 0.481 e. The topological polar surface area (TPSA) is 230 Å². The Balaban J connectivity index is 0.911. The maximum atomic E-state index is 13.5. The van der Waals surface area contributed by atoms with Gasteiger partial charge in [-0.3, -0.25) is 14.6 Å². The van der Waals surface area contributed by atoms with E-state index < -0.39 is 23.9 Å². The number of carbonyl (C=O) groups is 1. The standard InChI is InChI=1S/C94H106N14O3/c1-8-12-21-73(53-97)49-75(10-3)77-44-38-71(39-45-77)57-107-88-28-19-15-24-84(88)101-92(107)63-103(61-90-99-82-22-13-17-26-86(82)105(90)55-69-34-31-65(5)32-35-69)59-79(109)60-104(62-91-100-83-23-14-18-27-87(83)106(91)56-70-36-42-76(43-37-70)67(7)33-30-66(6)51-95)64-93-102-85-25-16-20-29-89(85)108(93)58-72-40-46-78(47-41-72)80(11-4)81(94(110)111)50-74(54-98)48-68(9-2)52-96/h13-20,22-29,31-32,34-47,66-68,73-75,79-81,109H,8-12,21,30,33,48-50,55-64H2,1-7H3,(H,110,111). The number of para-hydroxylation sites is 8. The number of nitrogens with zero attached hydrogens (tertiary/aromatic N) is 14. The van der Waals surface area contributed by atoms with Gasteiger partial charge in [0, 0.05) is 62.9 Å². The summed E-state index contributed by atoms with van der Waals surface area (Å²) >= 11 is 0. The number of carboxylic acids is 1. The Morgan fingerprint density at radius 2 is 0.820 bits per heavy atom. The number of hydrogen-bond acceptors (Lipinski definition) is 12. The van der Waals surface area contributed by atoms with Crippen molar-refractivity contribution in [2.45, 2.75) is 195 Å². The summed E-state index contributed by atoms with van der Waals surface area (Å²) in [7, 11) is 0. The van der Waals surface area contributed by atoms with E-state index >= 15 is 0 Å². The van der Waals surface area contributed by atoms with Gasteiger partial charge in [-0.15, -0.1) is 0 Å². The summed E-state index contributed by atoms with van der Waals surface area (Å²) in [6, 6.07) is 77.5. The number of hydrogen-bond donors (Lipinski definition) is 2. The number of nitriles is 4. The number of rotatable bonds is 40. The SMILES string of the molecule is CCCCC(C#N)CC(CC)c1ccc(Cn2c(CN(Cc3nc4ccccc4n3Cc3ccc(C)cc3)CC(O)CN(Cc3nc4ccccc4n3Cc3ccc(C(C)CCC(C)C#N)cc3)Cc3nc4ccccc4n3Cc3ccc(C(CC)C(CC(C#N)CC(C#N)CC)C(=O)O)cc3)nc3ccccc32)cc1. The number of fused-ring (bicyclic) bond motifs is 4. The van der Waals surface area contributed by atoms with Crippen LogP contribution in [-0.4, -0.2) is 83.4 Å². The van der Waals surface area contributed by atoms with Crippen molar-refractivity contribution < 1.29 is 15.0 Å². The second-order valence-electron chi connectivity index (χ2n) is 30.9. The minimum Gasteiger partial charge on any atom is -0.481 e. The van der Waals surface area contributed by atoms with Crippen LogP contribution in [0.15, 0.2) is 194 Å². The van der Waals surface area contributed by atoms with Crippen molar-refractivity contribution in [3.63, 3.8) is 0 Å². The van der Waals surface area contributed by atoms with Crippen molar-refractivity contribution in [1.29, 1.82) is 21.0 Å². The molecule has 0 saturated carbocycles. The van der Waals surface area contributed by atoms with E-state index in [1.54, 1.807) is 0 Å². The lowest BCUT2D eigenvalue weighted by Gasteiger charge is -2.29. The van der Waals surface area contributed by atoms with E-state index in [0.29, 0.717) is 77.5 Å². The Morgan fingerprint density at radius 1 is 0.432 bits per heavy atom. The van der Waals surface area contributed by atoms with Crippen LogP contribution in [0.5, 0.6) is 0 Å². The van der Waals surface area contributed by atoms with Gasteiger partial charge in [0.25, 0.3) is 0 Å². The van der Waals surface area contributed by atoms with Gasteiger partial charge in [0.2, 0.25) is 0 Å². The third-order valence-electron chi connectivity index (χ3n) is 22.8. The maximum absolute atomic E-state index is 13.5. The zero-order chi connectivity index (χ0) is 77.9. The monoisotopic (exact) mass is 1480 g/mol. The van der Waals surface area contributed by atoms with E-state index in [-0.39, 0.29) is 49.1 Å². The molecule has 8 aromatic carbocycles. The lowest BCUT2D eigenvalue weighted by Crippen LogP contribution is -2.41. The van der Waals surface area contributed by atoms with Gasteiger partial charge in [0.1, 0.15) is 23.3 Å². The van der Waals surface area contributed by atoms with E-state index in [0.717, 1.165) is 140 Å². The molecule has 12 aromatic rings. The highest BCUT2D eigenvalue weighted by molar-refractivity contribution is 5.79. The molecule has 4 aromatic heterocycles. The molecule has 0 aliphatic heterocycles. The van der Waals surface area contributed by atoms with Gasteiger partial charge in [-0.1, -0.05) is 199 Å². The summed E-state index contributed by atoms with van der Waals surface area (Å²) in [4.78, 5) is 39.5. The van der Waals surface area contributed by atoms with Crippen molar-refractivity contribution in [3.05, 3.63) is 262 Å². The van der Waals surface area contributed by atoms with Crippen LogP contribution < -0.4 is 0 Å². The molecule has 111 heavy (non-hydrogen) atoms. The van der Waals surface area contributed by atoms with E-state index in [2.05, 4.69) is 226 Å². The number of benzene rings is 8. The average molecular weight is 1480 g/mol. The minimum absolute atomic E-state index is 0.00164. The van der Waals surface area contributed by atoms with Gasteiger partial charge >= 0.3 is 5.97 Å². The minimum atomic E-state index is -0.947. The van der Waals surface area contributed by atoms with Crippen LogP contribution in [0, 0.1) is 81.8 Å². The molecule has 17 heteroatoms. The summed E-state index contributed by atoms with van der Waals surface area (Å²) in [5, 5.41) is 63.9. The van der Waals surface area contributed by atoms with E-state index in [9.17, 15) is 36.1 Å². The fourth-order valence-corrected chi connectivity index (χ4v) is 16.3. The van der Waals surface area contributed by atoms with E-state index in [1.807, 2.05) is 69.3 Å². The number of aromatic nitrogens is 8. The predicted octanol–water partition coefficient (Wildman–Crippen LogP) is 19.6. The quantitative estimate of drug-likeness (QED) is 0.0364. The van der Waals surface area contributed by atoms with Gasteiger partial charge in [-0.25, -0.2) is 19.9 Å². The first-order valence-electron chi connectivity index (χ1n) is 40.1. The number of aliphatic hydroxyl groups excluding tert-OH is 1. The molecule has 0 radical (unpaired) electrons. The van der Waals surface area contributed by atoms with E-state index in [1.165, 1.54) is 16.7 Å². The predicted molar refractivity (Wildman–Crippen MR) is 441 cm³/mol. The average Bonchev–Trinajstić information content (AvgIpc) is 1.65. The highest BCUT2D eigenvalue weighted by atomic mass is 16.4. The molecule has 0 spiro atoms. The Morgan fingerprint density at radius 3 is 1.18 bits per heavy atom. The molecule has 0 bridgehead atoms. The highest BCUT2D eigenvalue weighted by Crippen LogP contribution is 2.37. The third-order valence-corrected chi connectivity index (χ3v) is 22.8. The van der Waals surface area contributed by atoms with Crippen LogP contribution in [0.2, 0.25) is 0 Å². The molecular formula is C94H106N14O3. The summed E-state index contributed by atoms with van der Waals surface area (Å²) < 4.78 is 9.21. The first kappa shape index (κ1) is 79.5. The number of unbranched alkanes of at least 4 members (excludes halogenated alkanes) is 1. The van der Waals surface area contributed by atoms with Crippen LogP contribution in [-0.2, 0) is 57.2 Å². The van der Waals surface area contributed by atoms with Crippen LogP contribution in [0.4, 0.5) is 0 Å². The lowest BCUT2D eigenvalue weighted by molar-refractivity contribution is -0.143.